The zero-order valence-electron chi connectivity index (χ0n) is 21.5. The van der Waals surface area contributed by atoms with Gasteiger partial charge in [-0.3, -0.25) is 14.4 Å². The fourth-order valence-corrected chi connectivity index (χ4v) is 5.15. The van der Waals surface area contributed by atoms with Crippen molar-refractivity contribution in [3.63, 3.8) is 0 Å². The molecule has 4 rings (SSSR count). The highest BCUT2D eigenvalue weighted by atomic mass is 79.9. The zero-order chi connectivity index (χ0) is 27.2. The highest BCUT2D eigenvalue weighted by molar-refractivity contribution is 9.10. The van der Waals surface area contributed by atoms with Crippen molar-refractivity contribution < 1.29 is 23.9 Å². The van der Waals surface area contributed by atoms with Crippen molar-refractivity contribution in [2.45, 2.75) is 26.8 Å². The van der Waals surface area contributed by atoms with Gasteiger partial charge in [0.05, 0.1) is 13.0 Å². The predicted molar refractivity (Wildman–Crippen MR) is 149 cm³/mol. The van der Waals surface area contributed by atoms with Crippen LogP contribution in [0.3, 0.4) is 0 Å². The van der Waals surface area contributed by atoms with Gasteiger partial charge in [-0.2, -0.15) is 0 Å². The van der Waals surface area contributed by atoms with Crippen LogP contribution in [0.4, 0.5) is 11.4 Å². The van der Waals surface area contributed by atoms with E-state index in [-0.39, 0.29) is 30.7 Å². The number of carbonyl (C=O) groups excluding carboxylic acids is 3. The van der Waals surface area contributed by atoms with Crippen molar-refractivity contribution in [2.75, 3.05) is 30.5 Å². The van der Waals surface area contributed by atoms with Gasteiger partial charge in [-0.05, 0) is 67.4 Å². The lowest BCUT2D eigenvalue weighted by atomic mass is 10.1. The summed E-state index contributed by atoms with van der Waals surface area (Å²) < 4.78 is 11.9. The molecule has 198 valence electrons. The maximum Gasteiger partial charge on any atom is 0.262 e. The number of methoxy groups -OCH3 is 1. The lowest BCUT2D eigenvalue weighted by Gasteiger charge is -2.17. The number of anilines is 2. The molecule has 0 unspecified atom stereocenters. The lowest BCUT2D eigenvalue weighted by Crippen LogP contribution is -2.32. The molecule has 1 aliphatic rings. The molecule has 8 nitrogen and oxygen atoms in total. The standard InChI is InChI=1S/C29H30BrN3O5/c1-18-12-22(30)13-19(2)28(18)32-26(34)17-38-24-10-8-23(9-11-24)33-16-21(14-27(33)35)29(36)31-15-20-6-4-5-7-25(20)37-3/h4-13,21H,14-17H2,1-3H3,(H,31,36)(H,32,34)/t21-/m1/s1. The van der Waals surface area contributed by atoms with Gasteiger partial charge in [0, 0.05) is 40.9 Å². The van der Waals surface area contributed by atoms with E-state index in [0.717, 1.165) is 26.9 Å². The average molecular weight is 580 g/mol. The third-order valence-corrected chi connectivity index (χ3v) is 6.88. The van der Waals surface area contributed by atoms with Crippen LogP contribution >= 0.6 is 15.9 Å². The van der Waals surface area contributed by atoms with Gasteiger partial charge in [0.2, 0.25) is 11.8 Å². The molecule has 0 radical (unpaired) electrons. The fraction of sp³-hybridized carbons (Fsp3) is 0.276. The number of ether oxygens (including phenoxy) is 2. The molecule has 0 spiro atoms. The summed E-state index contributed by atoms with van der Waals surface area (Å²) in [6, 6.07) is 18.3. The summed E-state index contributed by atoms with van der Waals surface area (Å²) >= 11 is 3.45. The Bertz CT molecular complexity index is 1320. The molecule has 1 aliphatic heterocycles. The van der Waals surface area contributed by atoms with Crippen LogP contribution in [0, 0.1) is 19.8 Å². The van der Waals surface area contributed by atoms with Gasteiger partial charge in [-0.25, -0.2) is 0 Å². The summed E-state index contributed by atoms with van der Waals surface area (Å²) in [7, 11) is 1.59. The van der Waals surface area contributed by atoms with Crippen LogP contribution in [0.1, 0.15) is 23.1 Å². The Hall–Kier alpha value is -3.85. The minimum Gasteiger partial charge on any atom is -0.496 e. The van der Waals surface area contributed by atoms with Crippen molar-refractivity contribution in [1.82, 2.24) is 5.32 Å². The summed E-state index contributed by atoms with van der Waals surface area (Å²) in [5.74, 6) is 0.215. The molecule has 1 atom stereocenters. The molecule has 0 saturated carbocycles. The number of nitrogens with one attached hydrogen (secondary N) is 2. The number of nitrogens with zero attached hydrogens (tertiary/aromatic N) is 1. The molecule has 0 aliphatic carbocycles. The van der Waals surface area contributed by atoms with Crippen molar-refractivity contribution in [3.8, 4) is 11.5 Å². The third kappa shape index (κ3) is 6.52. The van der Waals surface area contributed by atoms with Gasteiger partial charge >= 0.3 is 0 Å². The number of aryl methyl sites for hydroxylation is 2. The Morgan fingerprint density at radius 2 is 1.74 bits per heavy atom. The SMILES string of the molecule is COc1ccccc1CNC(=O)[C@@H]1CC(=O)N(c2ccc(OCC(=O)Nc3c(C)cc(Br)cc3C)cc2)C1. The third-order valence-electron chi connectivity index (χ3n) is 6.42. The molecular weight excluding hydrogens is 550 g/mol. The van der Waals surface area contributed by atoms with Crippen molar-refractivity contribution >= 4 is 45.0 Å². The van der Waals surface area contributed by atoms with Gasteiger partial charge in [-0.1, -0.05) is 34.1 Å². The maximum atomic E-state index is 12.7. The number of carbonyl (C=O) groups is 3. The Kier molecular flexibility index (Phi) is 8.68. The number of para-hydroxylation sites is 1. The van der Waals surface area contributed by atoms with Crippen LogP contribution in [-0.2, 0) is 20.9 Å². The molecule has 0 bridgehead atoms. The van der Waals surface area contributed by atoms with Crippen molar-refractivity contribution in [3.05, 3.63) is 81.8 Å². The second-order valence-electron chi connectivity index (χ2n) is 9.18. The molecule has 1 fully saturated rings. The van der Waals surface area contributed by atoms with Gasteiger partial charge in [-0.15, -0.1) is 0 Å². The maximum absolute atomic E-state index is 12.7. The van der Waals surface area contributed by atoms with E-state index in [1.807, 2.05) is 50.2 Å². The van der Waals surface area contributed by atoms with Crippen LogP contribution in [0.15, 0.2) is 65.1 Å². The van der Waals surface area contributed by atoms with Crippen LogP contribution in [-0.4, -0.2) is 38.0 Å². The number of rotatable bonds is 9. The first-order chi connectivity index (χ1) is 18.2. The van der Waals surface area contributed by atoms with E-state index in [1.165, 1.54) is 0 Å². The Labute approximate surface area is 230 Å². The first-order valence-corrected chi connectivity index (χ1v) is 13.0. The highest BCUT2D eigenvalue weighted by Crippen LogP contribution is 2.28. The summed E-state index contributed by atoms with van der Waals surface area (Å²) in [5, 5.41) is 5.81. The fourth-order valence-electron chi connectivity index (χ4n) is 4.46. The number of benzene rings is 3. The smallest absolute Gasteiger partial charge is 0.262 e. The van der Waals surface area contributed by atoms with Crippen molar-refractivity contribution in [1.29, 1.82) is 0 Å². The topological polar surface area (TPSA) is 97.0 Å². The van der Waals surface area contributed by atoms with Gasteiger partial charge in [0.25, 0.3) is 5.91 Å². The molecular formula is C29H30BrN3O5. The van der Waals surface area contributed by atoms with Gasteiger partial charge < -0.3 is 25.0 Å². The Morgan fingerprint density at radius 1 is 1.05 bits per heavy atom. The molecule has 3 amide bonds. The van der Waals surface area contributed by atoms with E-state index in [2.05, 4.69) is 26.6 Å². The van der Waals surface area contributed by atoms with E-state index in [9.17, 15) is 14.4 Å². The number of halogens is 1. The second-order valence-corrected chi connectivity index (χ2v) is 10.1. The van der Waals surface area contributed by atoms with E-state index < -0.39 is 5.92 Å². The van der Waals surface area contributed by atoms with Crippen molar-refractivity contribution in [2.24, 2.45) is 5.92 Å². The minimum absolute atomic E-state index is 0.115. The van der Waals surface area contributed by atoms with Crippen LogP contribution < -0.4 is 25.0 Å². The van der Waals surface area contributed by atoms with E-state index in [0.29, 0.717) is 30.3 Å². The summed E-state index contributed by atoms with van der Waals surface area (Å²) in [6.07, 6.45) is 0.144. The van der Waals surface area contributed by atoms with E-state index in [4.69, 9.17) is 9.47 Å². The first-order valence-electron chi connectivity index (χ1n) is 12.2. The average Bonchev–Trinajstić information content (AvgIpc) is 3.30. The number of amides is 3. The van der Waals surface area contributed by atoms with Crippen LogP contribution in [0.5, 0.6) is 11.5 Å². The Morgan fingerprint density at radius 3 is 2.42 bits per heavy atom. The predicted octanol–water partition coefficient (Wildman–Crippen LogP) is 4.76. The van der Waals surface area contributed by atoms with Gasteiger partial charge in [0.1, 0.15) is 11.5 Å². The molecule has 3 aromatic rings. The summed E-state index contributed by atoms with van der Waals surface area (Å²) in [4.78, 5) is 39.4. The molecule has 1 saturated heterocycles. The molecule has 38 heavy (non-hydrogen) atoms. The summed E-state index contributed by atoms with van der Waals surface area (Å²) in [6.45, 7) is 4.34. The monoisotopic (exact) mass is 579 g/mol. The lowest BCUT2D eigenvalue weighted by molar-refractivity contribution is -0.126. The minimum atomic E-state index is -0.442. The highest BCUT2D eigenvalue weighted by Gasteiger charge is 2.35. The normalized spacial score (nSPS) is 14.8. The first kappa shape index (κ1) is 27.2. The largest absolute Gasteiger partial charge is 0.496 e. The number of hydrogen-bond acceptors (Lipinski definition) is 5. The van der Waals surface area contributed by atoms with Crippen LogP contribution in [0.25, 0.3) is 0 Å². The number of hydrogen-bond donors (Lipinski definition) is 2. The van der Waals surface area contributed by atoms with Gasteiger partial charge in [0.15, 0.2) is 6.61 Å². The van der Waals surface area contributed by atoms with E-state index in [1.54, 1.807) is 36.3 Å². The quantitative estimate of drug-likeness (QED) is 0.381. The van der Waals surface area contributed by atoms with E-state index >= 15 is 0 Å². The molecule has 3 aromatic carbocycles. The Balaban J connectivity index is 1.29. The van der Waals surface area contributed by atoms with Crippen LogP contribution in [0.2, 0.25) is 0 Å². The molecule has 2 N–H and O–H groups in total. The summed E-state index contributed by atoms with van der Waals surface area (Å²) in [5.41, 5.74) is 4.23. The molecule has 1 heterocycles. The molecule has 9 heteroatoms. The molecule has 0 aromatic heterocycles. The zero-order valence-corrected chi connectivity index (χ0v) is 23.1. The second kappa shape index (κ2) is 12.1.